The highest BCUT2D eigenvalue weighted by Crippen LogP contribution is 2.48. The van der Waals surface area contributed by atoms with Gasteiger partial charge in [0.2, 0.25) is 17.7 Å². The Hall–Kier alpha value is -4.39. The number of anilines is 1. The van der Waals surface area contributed by atoms with E-state index in [1.165, 1.54) is 0 Å². The standard InChI is InChI=1S/C30H29N3O4/c1-21-26(20-31-29(35)30(17-18-30)22-10-4-2-5-11-22)33-28(37-21)24-14-8-9-15-25(24)32-27(34)16-19-36-23-12-6-3-7-13-23/h2-15H,16-20H2,1H3,(H,31,35)(H,32,34). The number of hydrogen-bond acceptors (Lipinski definition) is 5. The van der Waals surface area contributed by atoms with Gasteiger partial charge in [-0.15, -0.1) is 0 Å². The van der Waals surface area contributed by atoms with Gasteiger partial charge >= 0.3 is 0 Å². The van der Waals surface area contributed by atoms with Crippen molar-refractivity contribution in [1.29, 1.82) is 0 Å². The normalized spacial score (nSPS) is 13.5. The first kappa shape index (κ1) is 24.3. The van der Waals surface area contributed by atoms with Crippen molar-refractivity contribution < 1.29 is 18.7 Å². The third kappa shape index (κ3) is 5.56. The van der Waals surface area contributed by atoms with Gasteiger partial charge in [-0.2, -0.15) is 0 Å². The van der Waals surface area contributed by atoms with E-state index in [0.29, 0.717) is 28.6 Å². The second-order valence-corrected chi connectivity index (χ2v) is 9.16. The predicted molar refractivity (Wildman–Crippen MR) is 141 cm³/mol. The Kier molecular flexibility index (Phi) is 7.03. The summed E-state index contributed by atoms with van der Waals surface area (Å²) in [7, 11) is 0. The number of oxazole rings is 1. The number of benzene rings is 3. The van der Waals surface area contributed by atoms with Crippen molar-refractivity contribution in [3.05, 3.63) is 102 Å². The van der Waals surface area contributed by atoms with E-state index in [0.717, 1.165) is 24.2 Å². The van der Waals surface area contributed by atoms with Gasteiger partial charge in [0.05, 0.1) is 36.2 Å². The molecule has 0 radical (unpaired) electrons. The average Bonchev–Trinajstić information content (AvgIpc) is 3.66. The van der Waals surface area contributed by atoms with Crippen molar-refractivity contribution in [1.82, 2.24) is 10.3 Å². The third-order valence-corrected chi connectivity index (χ3v) is 6.59. The average molecular weight is 496 g/mol. The van der Waals surface area contributed by atoms with Gasteiger partial charge in [0.1, 0.15) is 17.2 Å². The second-order valence-electron chi connectivity index (χ2n) is 9.16. The Bertz CT molecular complexity index is 1380. The summed E-state index contributed by atoms with van der Waals surface area (Å²) >= 11 is 0. The van der Waals surface area contributed by atoms with E-state index >= 15 is 0 Å². The van der Waals surface area contributed by atoms with E-state index in [9.17, 15) is 9.59 Å². The van der Waals surface area contributed by atoms with E-state index < -0.39 is 5.41 Å². The van der Waals surface area contributed by atoms with Crippen LogP contribution in [0.5, 0.6) is 5.75 Å². The number of carbonyl (C=O) groups is 2. The van der Waals surface area contributed by atoms with Crippen molar-refractivity contribution in [3.63, 3.8) is 0 Å². The van der Waals surface area contributed by atoms with Gasteiger partial charge in [-0.05, 0) is 49.6 Å². The van der Waals surface area contributed by atoms with Crippen molar-refractivity contribution in [3.8, 4) is 17.2 Å². The first-order chi connectivity index (χ1) is 18.0. The Morgan fingerprint density at radius 1 is 0.946 bits per heavy atom. The summed E-state index contributed by atoms with van der Waals surface area (Å²) in [5.74, 6) is 1.57. The van der Waals surface area contributed by atoms with E-state index in [1.807, 2.05) is 91.9 Å². The van der Waals surface area contributed by atoms with E-state index in [1.54, 1.807) is 0 Å². The second kappa shape index (κ2) is 10.7. The number of rotatable bonds is 10. The molecule has 37 heavy (non-hydrogen) atoms. The van der Waals surface area contributed by atoms with Gasteiger partial charge in [0.25, 0.3) is 0 Å². The molecule has 2 N–H and O–H groups in total. The topological polar surface area (TPSA) is 93.5 Å². The van der Waals surface area contributed by atoms with Crippen LogP contribution in [0.2, 0.25) is 0 Å². The SMILES string of the molecule is Cc1oc(-c2ccccc2NC(=O)CCOc2ccccc2)nc1CNC(=O)C1(c2ccccc2)CC1. The highest BCUT2D eigenvalue weighted by molar-refractivity contribution is 5.94. The number of carbonyl (C=O) groups excluding carboxylic acids is 2. The number of nitrogens with zero attached hydrogens (tertiary/aromatic N) is 1. The van der Waals surface area contributed by atoms with Crippen molar-refractivity contribution in [2.24, 2.45) is 0 Å². The molecule has 3 aromatic carbocycles. The van der Waals surface area contributed by atoms with Crippen molar-refractivity contribution in [2.45, 2.75) is 38.1 Å². The highest BCUT2D eigenvalue weighted by atomic mass is 16.5. The molecule has 1 aliphatic carbocycles. The summed E-state index contributed by atoms with van der Waals surface area (Å²) in [6.07, 6.45) is 1.89. The quantitative estimate of drug-likeness (QED) is 0.307. The van der Waals surface area contributed by atoms with Crippen LogP contribution in [0, 0.1) is 6.92 Å². The Labute approximate surface area is 215 Å². The number of ether oxygens (including phenoxy) is 1. The zero-order valence-corrected chi connectivity index (χ0v) is 20.7. The Balaban J connectivity index is 1.22. The number of nitrogens with one attached hydrogen (secondary N) is 2. The number of amides is 2. The van der Waals surface area contributed by atoms with Gasteiger partial charge < -0.3 is 19.8 Å². The maximum atomic E-state index is 13.0. The van der Waals surface area contributed by atoms with Gasteiger partial charge in [0, 0.05) is 0 Å². The summed E-state index contributed by atoms with van der Waals surface area (Å²) in [5.41, 5.74) is 2.53. The van der Waals surface area contributed by atoms with Crippen LogP contribution in [0.3, 0.4) is 0 Å². The van der Waals surface area contributed by atoms with E-state index in [4.69, 9.17) is 9.15 Å². The van der Waals surface area contributed by atoms with Crippen LogP contribution < -0.4 is 15.4 Å². The minimum absolute atomic E-state index is 0.00744. The molecule has 1 fully saturated rings. The maximum Gasteiger partial charge on any atom is 0.230 e. The number of aryl methyl sites for hydroxylation is 1. The number of aromatic nitrogens is 1. The summed E-state index contributed by atoms with van der Waals surface area (Å²) in [4.78, 5) is 30.2. The summed E-state index contributed by atoms with van der Waals surface area (Å²) in [6, 6.07) is 26.6. The lowest BCUT2D eigenvalue weighted by atomic mass is 9.95. The Morgan fingerprint density at radius 2 is 1.62 bits per heavy atom. The molecule has 1 saturated carbocycles. The fraction of sp³-hybridized carbons (Fsp3) is 0.233. The molecule has 4 aromatic rings. The molecule has 0 aliphatic heterocycles. The predicted octanol–water partition coefficient (Wildman–Crippen LogP) is 5.41. The van der Waals surface area contributed by atoms with Crippen molar-refractivity contribution >= 4 is 17.5 Å². The third-order valence-electron chi connectivity index (χ3n) is 6.59. The number of para-hydroxylation sites is 2. The molecular formula is C30H29N3O4. The monoisotopic (exact) mass is 495 g/mol. The largest absolute Gasteiger partial charge is 0.493 e. The molecule has 5 rings (SSSR count). The molecular weight excluding hydrogens is 466 g/mol. The van der Waals surface area contributed by atoms with Crippen LogP contribution >= 0.6 is 0 Å². The lowest BCUT2D eigenvalue weighted by molar-refractivity contribution is -0.123. The van der Waals surface area contributed by atoms with Gasteiger partial charge in [0.15, 0.2) is 0 Å². The van der Waals surface area contributed by atoms with Gasteiger partial charge in [-0.1, -0.05) is 60.7 Å². The minimum Gasteiger partial charge on any atom is -0.493 e. The smallest absolute Gasteiger partial charge is 0.230 e. The minimum atomic E-state index is -0.442. The molecule has 2 amide bonds. The molecule has 7 heteroatoms. The van der Waals surface area contributed by atoms with Crippen LogP contribution in [0.15, 0.2) is 89.3 Å². The lowest BCUT2D eigenvalue weighted by Gasteiger charge is -2.15. The van der Waals surface area contributed by atoms with Crippen LogP contribution in [-0.2, 0) is 21.5 Å². The molecule has 0 unspecified atom stereocenters. The van der Waals surface area contributed by atoms with Gasteiger partial charge in [-0.25, -0.2) is 4.98 Å². The summed E-state index contributed by atoms with van der Waals surface area (Å²) < 4.78 is 11.6. The van der Waals surface area contributed by atoms with Crippen LogP contribution in [0.4, 0.5) is 5.69 Å². The fourth-order valence-corrected chi connectivity index (χ4v) is 4.34. The molecule has 0 atom stereocenters. The molecule has 0 bridgehead atoms. The Morgan fingerprint density at radius 3 is 2.35 bits per heavy atom. The zero-order chi connectivity index (χ0) is 25.7. The molecule has 188 valence electrons. The maximum absolute atomic E-state index is 13.0. The van der Waals surface area contributed by atoms with Crippen LogP contribution in [-0.4, -0.2) is 23.4 Å². The first-order valence-electron chi connectivity index (χ1n) is 12.4. The zero-order valence-electron chi connectivity index (χ0n) is 20.7. The molecule has 1 aliphatic rings. The number of hydrogen-bond donors (Lipinski definition) is 2. The van der Waals surface area contributed by atoms with Crippen LogP contribution in [0.1, 0.15) is 36.3 Å². The fourth-order valence-electron chi connectivity index (χ4n) is 4.34. The summed E-state index contributed by atoms with van der Waals surface area (Å²) in [5, 5.41) is 5.98. The first-order valence-corrected chi connectivity index (χ1v) is 12.4. The van der Waals surface area contributed by atoms with Crippen molar-refractivity contribution in [2.75, 3.05) is 11.9 Å². The van der Waals surface area contributed by atoms with E-state index in [2.05, 4.69) is 15.6 Å². The molecule has 0 saturated heterocycles. The molecule has 1 aromatic heterocycles. The van der Waals surface area contributed by atoms with Gasteiger partial charge in [-0.3, -0.25) is 9.59 Å². The molecule has 7 nitrogen and oxygen atoms in total. The highest BCUT2D eigenvalue weighted by Gasteiger charge is 2.51. The van der Waals surface area contributed by atoms with E-state index in [-0.39, 0.29) is 31.4 Å². The molecule has 1 heterocycles. The molecule has 0 spiro atoms. The lowest BCUT2D eigenvalue weighted by Crippen LogP contribution is -2.34. The van der Waals surface area contributed by atoms with Crippen LogP contribution in [0.25, 0.3) is 11.5 Å². The summed E-state index contributed by atoms with van der Waals surface area (Å²) in [6.45, 7) is 2.36.